The summed E-state index contributed by atoms with van der Waals surface area (Å²) in [5.74, 6) is 4.07. The van der Waals surface area contributed by atoms with Crippen molar-refractivity contribution in [1.82, 2.24) is 98.0 Å². The fourth-order valence-corrected chi connectivity index (χ4v) is 15.3. The molecule has 16 rings (SSSR count). The van der Waals surface area contributed by atoms with Crippen LogP contribution in [0.1, 0.15) is 140 Å². The zero-order chi connectivity index (χ0) is 94.1. The van der Waals surface area contributed by atoms with E-state index in [9.17, 15) is 44.6 Å². The first-order chi connectivity index (χ1) is 62.7. The smallest absolute Gasteiger partial charge is 0.267 e. The van der Waals surface area contributed by atoms with E-state index in [1.54, 1.807) is 157 Å². The molecule has 0 amide bonds. The second-order valence-electron chi connectivity index (χ2n) is 29.5. The van der Waals surface area contributed by atoms with Gasteiger partial charge in [-0.2, -0.15) is 21.0 Å². The maximum absolute atomic E-state index is 14.0. The van der Waals surface area contributed by atoms with Gasteiger partial charge in [0, 0.05) is 18.5 Å². The summed E-state index contributed by atoms with van der Waals surface area (Å²) in [7, 11) is 0. The molecule has 0 bridgehead atoms. The zero-order valence-corrected chi connectivity index (χ0v) is 74.5. The maximum Gasteiger partial charge on any atom is 0.267 e. The van der Waals surface area contributed by atoms with E-state index in [0.29, 0.717) is 119 Å². The average Bonchev–Trinajstić information content (AvgIpc) is 0.834. The first-order valence-corrected chi connectivity index (χ1v) is 41.5. The Balaban J connectivity index is 0.000000149. The third kappa shape index (κ3) is 19.7. The minimum absolute atomic E-state index is 0.00715. The van der Waals surface area contributed by atoms with Gasteiger partial charge < -0.3 is 49.9 Å². The normalized spacial score (nSPS) is 11.9. The van der Waals surface area contributed by atoms with Gasteiger partial charge in [-0.1, -0.05) is 97.0 Å². The molecule has 0 aliphatic heterocycles. The Morgan fingerprint density at radius 2 is 0.748 bits per heavy atom. The van der Waals surface area contributed by atoms with Crippen molar-refractivity contribution in [3.05, 3.63) is 294 Å². The Hall–Kier alpha value is -16.1. The largest absolute Gasteiger partial charge is 0.384 e. The van der Waals surface area contributed by atoms with Crippen molar-refractivity contribution in [3.8, 4) is 47.0 Å². The Bertz CT molecular complexity index is 7620. The van der Waals surface area contributed by atoms with Crippen LogP contribution in [0.15, 0.2) is 172 Å². The number of hydrogen-bond acceptors (Lipinski definition) is 33. The summed E-state index contributed by atoms with van der Waals surface area (Å²) in [6.45, 7) is 16.2. The van der Waals surface area contributed by atoms with Crippen LogP contribution in [0.4, 0.5) is 56.8 Å². The molecular weight excluding hydrogens is 1780 g/mol. The number of benzene rings is 4. The molecule has 0 aliphatic rings. The maximum atomic E-state index is 14.0. The Morgan fingerprint density at radius 3 is 1.14 bits per heavy atom. The van der Waals surface area contributed by atoms with Crippen LogP contribution in [0.2, 0.25) is 25.1 Å². The number of nitrogens with two attached hydrogens (primary N) is 5. The van der Waals surface area contributed by atoms with E-state index in [-0.39, 0.29) is 129 Å². The lowest BCUT2D eigenvalue weighted by atomic mass is 10.0. The summed E-state index contributed by atoms with van der Waals surface area (Å²) in [5.41, 5.74) is 31.5. The van der Waals surface area contributed by atoms with Crippen LogP contribution in [0.3, 0.4) is 0 Å². The van der Waals surface area contributed by atoms with Crippen LogP contribution >= 0.6 is 58.0 Å². The molecule has 4 atom stereocenters. The summed E-state index contributed by atoms with van der Waals surface area (Å²) < 4.78 is 19.6. The number of rotatable bonds is 19. The second kappa shape index (κ2) is 39.8. The van der Waals surface area contributed by atoms with E-state index in [1.807, 2.05) is 25.1 Å². The van der Waals surface area contributed by atoms with E-state index in [4.69, 9.17) is 102 Å². The molecule has 0 fully saturated rings. The highest BCUT2D eigenvalue weighted by atomic mass is 35.5. The highest BCUT2D eigenvalue weighted by Gasteiger charge is 2.30. The summed E-state index contributed by atoms with van der Waals surface area (Å²) in [4.78, 5) is 123. The van der Waals surface area contributed by atoms with Crippen molar-refractivity contribution >= 4 is 154 Å². The lowest BCUT2D eigenvalue weighted by molar-refractivity contribution is 0.506. The molecule has 0 aliphatic carbocycles. The summed E-state index contributed by atoms with van der Waals surface area (Å²) in [5, 5.41) is 53.2. The molecular formula is C88H75Cl5FN33O4. The van der Waals surface area contributed by atoms with E-state index in [0.717, 1.165) is 12.3 Å². The van der Waals surface area contributed by atoms with Crippen LogP contribution in [0.5, 0.6) is 0 Å². The van der Waals surface area contributed by atoms with Gasteiger partial charge in [-0.05, 0) is 145 Å². The van der Waals surface area contributed by atoms with Gasteiger partial charge in [-0.3, -0.25) is 52.4 Å². The molecule has 37 nitrogen and oxygen atoms in total. The predicted molar refractivity (Wildman–Crippen MR) is 500 cm³/mol. The molecule has 12 heterocycles. The van der Waals surface area contributed by atoms with Gasteiger partial charge in [-0.25, -0.2) is 69.2 Å². The van der Waals surface area contributed by atoms with Crippen molar-refractivity contribution in [2.24, 2.45) is 5.92 Å². The topological polar surface area (TPSA) is 568 Å². The molecule has 12 aromatic heterocycles. The van der Waals surface area contributed by atoms with Crippen LogP contribution in [-0.2, 0) is 0 Å². The van der Waals surface area contributed by atoms with Crippen molar-refractivity contribution in [1.29, 1.82) is 21.0 Å². The molecule has 0 unspecified atom stereocenters. The fourth-order valence-electron chi connectivity index (χ4n) is 14.1. The summed E-state index contributed by atoms with van der Waals surface area (Å²) in [6, 6.07) is 35.6. The third-order valence-electron chi connectivity index (χ3n) is 19.8. The van der Waals surface area contributed by atoms with Gasteiger partial charge in [0.15, 0.2) is 23.3 Å². The number of aryl methyl sites for hydroxylation is 4. The Morgan fingerprint density at radius 1 is 0.389 bits per heavy atom. The molecule has 0 spiro atoms. The predicted octanol–water partition coefficient (Wildman–Crippen LogP) is 14.4. The number of nitrogen functional groups attached to an aromatic ring is 5. The third-order valence-corrected chi connectivity index (χ3v) is 21.4. The fraction of sp³-hybridized carbons (Fsp3) is 0.182. The molecule has 0 radical (unpaired) electrons. The lowest BCUT2D eigenvalue weighted by Crippen LogP contribution is -2.29. The van der Waals surface area contributed by atoms with Crippen LogP contribution < -0.4 is 72.2 Å². The van der Waals surface area contributed by atoms with Crippen molar-refractivity contribution in [2.75, 3.05) is 49.9 Å². The lowest BCUT2D eigenvalue weighted by Gasteiger charge is -2.25. The number of halogens is 6. The molecule has 658 valence electrons. The van der Waals surface area contributed by atoms with E-state index in [2.05, 4.69) is 106 Å². The highest BCUT2D eigenvalue weighted by molar-refractivity contribution is 6.40. The SMILES string of the molecule is CC[C@H](Nc1nc(C)nc(N)c1C#N)c1nc2cccc(Cl)c2c(=O)n1-c1ccc(N)nc1.Cc1nc(N)c(C#N)c(N[C@@H](C)c2nc3c(Cl)ccc(Cl)c3c(=O)n2-c2cncc(F)c2)n1.Cc1nc(N)c(C#N)c(N[C@@H](C)c2nc3cccc(Cl)c3c(=O)n2-c2cccnc2)n1.Cc1nc(N)c(C#N)c(N[C@@H](CC(C)C)c2nc3cccc(Cl)c3c(=O)n2-c2cccnc2)n1. The van der Waals surface area contributed by atoms with Gasteiger partial charge in [0.1, 0.15) is 128 Å². The summed E-state index contributed by atoms with van der Waals surface area (Å²) in [6.07, 6.45) is 11.3. The van der Waals surface area contributed by atoms with Crippen LogP contribution in [0, 0.1) is 84.8 Å². The van der Waals surface area contributed by atoms with E-state index >= 15 is 0 Å². The Labute approximate surface area is 768 Å². The molecule has 0 saturated carbocycles. The monoisotopic (exact) mass is 1850 g/mol. The van der Waals surface area contributed by atoms with Gasteiger partial charge >= 0.3 is 0 Å². The van der Waals surface area contributed by atoms with Crippen molar-refractivity contribution in [3.63, 3.8) is 0 Å². The number of fused-ring (bicyclic) bond motifs is 4. The number of aromatic nitrogens is 20. The molecule has 14 N–H and O–H groups in total. The molecule has 43 heteroatoms. The van der Waals surface area contributed by atoms with Gasteiger partial charge in [-0.15, -0.1) is 0 Å². The highest BCUT2D eigenvalue weighted by Crippen LogP contribution is 2.36. The number of nitrogens with zero attached hydrogens (tertiary/aromatic N) is 24. The first-order valence-electron chi connectivity index (χ1n) is 39.7. The molecule has 16 aromatic rings. The van der Waals surface area contributed by atoms with E-state index < -0.39 is 35.5 Å². The van der Waals surface area contributed by atoms with Crippen LogP contribution in [-0.4, -0.2) is 98.0 Å². The number of nitriles is 4. The van der Waals surface area contributed by atoms with Gasteiger partial charge in [0.2, 0.25) is 0 Å². The van der Waals surface area contributed by atoms with Crippen molar-refractivity contribution in [2.45, 2.75) is 99.3 Å². The van der Waals surface area contributed by atoms with E-state index in [1.165, 1.54) is 42.8 Å². The first kappa shape index (κ1) is 92.6. The average molecular weight is 1860 g/mol. The molecule has 131 heavy (non-hydrogen) atoms. The molecule has 4 aromatic carbocycles. The quantitative estimate of drug-likeness (QED) is 0.0363. The number of nitrogens with one attached hydrogen (secondary N) is 4. The zero-order valence-electron chi connectivity index (χ0n) is 70.8. The summed E-state index contributed by atoms with van der Waals surface area (Å²) >= 11 is 31.6. The van der Waals surface area contributed by atoms with Crippen LogP contribution in [0.25, 0.3) is 66.4 Å². The molecule has 0 saturated heterocycles. The second-order valence-corrected chi connectivity index (χ2v) is 31.5. The number of pyridine rings is 4. The van der Waals surface area contributed by atoms with Gasteiger partial charge in [0.05, 0.1) is 147 Å². The van der Waals surface area contributed by atoms with Crippen molar-refractivity contribution < 1.29 is 4.39 Å². The van der Waals surface area contributed by atoms with Gasteiger partial charge in [0.25, 0.3) is 22.2 Å². The number of anilines is 9. The number of hydrogen-bond donors (Lipinski definition) is 9. The minimum atomic E-state index is -0.721. The minimum Gasteiger partial charge on any atom is -0.384 e. The Kier molecular flexibility index (Phi) is 28.1. The standard InChI is InChI=1S/C24H23ClN8O.C22H20ClN9O.C21H15Cl2FN8O.C21H17ClN8O/c1-13(2)10-19(31-22-16(11-26)21(27)29-14(3)30-22)23-32-18-8-4-7-17(25)20(18)24(34)33(23)15-6-5-9-28-12-15;1-3-15(30-20-13(9-24)19(26)28-11(2)29-20)21-31-16-6-4-5-14(23)18(16)22(33)32(21)12-7-8-17(25)27-10-12;1-9(28-19-13(6-25)18(26)29-10(2)30-19)20-31-17-15(23)4-3-14(22)16(17)21(33)32(20)12-5-11(24)7-27-8-12;1-11(26-19-14(9-23)18(24)27-12(2)28-19)20-29-16-7-3-6-15(22)17(16)21(31)30(20)13-5-4-8-25-10-13/h4-9,12-13,19H,10H2,1-3H3,(H3,27,29,30,31);4-8,10,15H,3H2,1-2H3,(H2,25,27)(H3,26,28,29,30);3-5,7-9H,1-2H3,(H3,26,28,29,30);3-8,10-11H,1-2H3,(H3,24,26,27,28)/t19-;15-;9-;11-/m0000/s1.